The molecule has 1 N–H and O–H groups in total. The van der Waals surface area contributed by atoms with E-state index >= 15 is 0 Å². The summed E-state index contributed by atoms with van der Waals surface area (Å²) in [6.07, 6.45) is 6.17. The van der Waals surface area contributed by atoms with Crippen LogP contribution >= 0.6 is 24.8 Å². The van der Waals surface area contributed by atoms with Crippen LogP contribution in [0.2, 0.25) is 0 Å². The van der Waals surface area contributed by atoms with Crippen molar-refractivity contribution in [1.82, 2.24) is 15.2 Å². The quantitative estimate of drug-likeness (QED) is 0.909. The van der Waals surface area contributed by atoms with Crippen molar-refractivity contribution in [3.63, 3.8) is 0 Å². The van der Waals surface area contributed by atoms with E-state index in [9.17, 15) is 0 Å². The Labute approximate surface area is 116 Å². The van der Waals surface area contributed by atoms with E-state index in [1.54, 1.807) is 0 Å². The molecule has 0 aliphatic carbocycles. The summed E-state index contributed by atoms with van der Waals surface area (Å²) in [6.45, 7) is 3.43. The van der Waals surface area contributed by atoms with Gasteiger partial charge in [-0.1, -0.05) is 6.07 Å². The van der Waals surface area contributed by atoms with Gasteiger partial charge in [0.25, 0.3) is 0 Å². The standard InChI is InChI=1S/C12H19N3.2ClH/c1-15(12-4-7-14-10-12)8-5-11-3-2-6-13-9-11;;/h2-3,6,9,12,14H,4-5,7-8,10H2,1H3;2*1H. The molecular formula is C12H21Cl2N3. The Kier molecular flexibility index (Phi) is 8.52. The monoisotopic (exact) mass is 277 g/mol. The summed E-state index contributed by atoms with van der Waals surface area (Å²) >= 11 is 0. The van der Waals surface area contributed by atoms with Crippen LogP contribution in [0.4, 0.5) is 0 Å². The Morgan fingerprint density at radius 2 is 2.29 bits per heavy atom. The van der Waals surface area contributed by atoms with Gasteiger partial charge in [-0.15, -0.1) is 24.8 Å². The molecule has 0 bridgehead atoms. The highest BCUT2D eigenvalue weighted by atomic mass is 35.5. The van der Waals surface area contributed by atoms with Crippen LogP contribution in [0.5, 0.6) is 0 Å². The fourth-order valence-electron chi connectivity index (χ4n) is 2.05. The fourth-order valence-corrected chi connectivity index (χ4v) is 2.05. The molecule has 1 unspecified atom stereocenters. The van der Waals surface area contributed by atoms with Crippen LogP contribution in [0.3, 0.4) is 0 Å². The summed E-state index contributed by atoms with van der Waals surface area (Å²) in [5, 5.41) is 3.40. The molecule has 1 fully saturated rings. The lowest BCUT2D eigenvalue weighted by atomic mass is 10.1. The molecule has 3 nitrogen and oxygen atoms in total. The Morgan fingerprint density at radius 1 is 1.47 bits per heavy atom. The van der Waals surface area contributed by atoms with Crippen molar-refractivity contribution in [1.29, 1.82) is 0 Å². The van der Waals surface area contributed by atoms with E-state index in [1.165, 1.54) is 18.5 Å². The van der Waals surface area contributed by atoms with Crippen molar-refractivity contribution in [2.45, 2.75) is 18.9 Å². The second kappa shape index (κ2) is 8.70. The van der Waals surface area contributed by atoms with Gasteiger partial charge in [-0.2, -0.15) is 0 Å². The van der Waals surface area contributed by atoms with E-state index in [-0.39, 0.29) is 24.8 Å². The minimum absolute atomic E-state index is 0. The molecule has 1 aliphatic rings. The van der Waals surface area contributed by atoms with Gasteiger partial charge in [0.1, 0.15) is 0 Å². The molecule has 1 aromatic heterocycles. The first kappa shape index (κ1) is 16.6. The molecule has 5 heteroatoms. The number of likely N-dealkylation sites (N-methyl/N-ethyl adjacent to an activating group) is 1. The number of aromatic nitrogens is 1. The zero-order valence-electron chi connectivity index (χ0n) is 10.1. The van der Waals surface area contributed by atoms with Crippen LogP contribution in [0, 0.1) is 0 Å². The normalized spacial score (nSPS) is 18.6. The van der Waals surface area contributed by atoms with E-state index in [2.05, 4.69) is 28.3 Å². The predicted octanol–water partition coefficient (Wildman–Crippen LogP) is 1.76. The van der Waals surface area contributed by atoms with Gasteiger partial charge in [0.15, 0.2) is 0 Å². The number of hydrogen-bond donors (Lipinski definition) is 1. The second-order valence-electron chi connectivity index (χ2n) is 4.24. The van der Waals surface area contributed by atoms with Crippen LogP contribution in [-0.2, 0) is 6.42 Å². The molecule has 2 rings (SSSR count). The number of halogens is 2. The molecular weight excluding hydrogens is 257 g/mol. The third-order valence-corrected chi connectivity index (χ3v) is 3.13. The highest BCUT2D eigenvalue weighted by Crippen LogP contribution is 2.07. The fraction of sp³-hybridized carbons (Fsp3) is 0.583. The number of pyridine rings is 1. The lowest BCUT2D eigenvalue weighted by molar-refractivity contribution is 0.260. The number of hydrogen-bond acceptors (Lipinski definition) is 3. The molecule has 17 heavy (non-hydrogen) atoms. The van der Waals surface area contributed by atoms with Gasteiger partial charge in [0, 0.05) is 31.5 Å². The largest absolute Gasteiger partial charge is 0.315 e. The summed E-state index contributed by atoms with van der Waals surface area (Å²) in [5.41, 5.74) is 1.33. The van der Waals surface area contributed by atoms with E-state index in [0.717, 1.165) is 25.6 Å². The molecule has 1 aromatic rings. The maximum Gasteiger partial charge on any atom is 0.0300 e. The SMILES string of the molecule is CN(CCc1cccnc1)C1CCNC1.Cl.Cl. The molecule has 0 amide bonds. The maximum absolute atomic E-state index is 4.13. The van der Waals surface area contributed by atoms with Crippen molar-refractivity contribution < 1.29 is 0 Å². The molecule has 98 valence electrons. The first-order valence-corrected chi connectivity index (χ1v) is 5.66. The van der Waals surface area contributed by atoms with Crippen molar-refractivity contribution in [3.8, 4) is 0 Å². The Hall–Kier alpha value is -0.350. The van der Waals surface area contributed by atoms with Gasteiger partial charge >= 0.3 is 0 Å². The Morgan fingerprint density at radius 3 is 2.88 bits per heavy atom. The molecule has 1 atom stereocenters. The van der Waals surface area contributed by atoms with Crippen LogP contribution < -0.4 is 5.32 Å². The summed E-state index contributed by atoms with van der Waals surface area (Å²) in [6, 6.07) is 4.88. The Balaban J connectivity index is 0.00000128. The third kappa shape index (κ3) is 5.21. The molecule has 1 saturated heterocycles. The smallest absolute Gasteiger partial charge is 0.0300 e. The van der Waals surface area contributed by atoms with Crippen LogP contribution in [0.25, 0.3) is 0 Å². The summed E-state index contributed by atoms with van der Waals surface area (Å²) in [4.78, 5) is 6.58. The average molecular weight is 278 g/mol. The lowest BCUT2D eigenvalue weighted by Crippen LogP contribution is -2.34. The van der Waals surface area contributed by atoms with Crippen molar-refractivity contribution in [3.05, 3.63) is 30.1 Å². The van der Waals surface area contributed by atoms with Crippen LogP contribution in [-0.4, -0.2) is 42.6 Å². The van der Waals surface area contributed by atoms with E-state index in [1.807, 2.05) is 18.5 Å². The Bertz CT molecular complexity index is 289. The van der Waals surface area contributed by atoms with Gasteiger partial charge in [0.2, 0.25) is 0 Å². The summed E-state index contributed by atoms with van der Waals surface area (Å²) in [7, 11) is 2.22. The molecule has 2 heterocycles. The maximum atomic E-state index is 4.13. The first-order valence-electron chi connectivity index (χ1n) is 5.66. The van der Waals surface area contributed by atoms with E-state index in [4.69, 9.17) is 0 Å². The highest BCUT2D eigenvalue weighted by Gasteiger charge is 2.18. The number of nitrogens with one attached hydrogen (secondary N) is 1. The predicted molar refractivity (Wildman–Crippen MR) is 76.3 cm³/mol. The van der Waals surface area contributed by atoms with Gasteiger partial charge in [0.05, 0.1) is 0 Å². The van der Waals surface area contributed by atoms with E-state index in [0.29, 0.717) is 0 Å². The minimum atomic E-state index is 0. The van der Waals surface area contributed by atoms with E-state index < -0.39 is 0 Å². The summed E-state index contributed by atoms with van der Waals surface area (Å²) in [5.74, 6) is 0. The number of rotatable bonds is 4. The third-order valence-electron chi connectivity index (χ3n) is 3.13. The minimum Gasteiger partial charge on any atom is -0.315 e. The molecule has 0 radical (unpaired) electrons. The molecule has 0 spiro atoms. The van der Waals surface area contributed by atoms with Crippen molar-refractivity contribution in [2.75, 3.05) is 26.7 Å². The van der Waals surface area contributed by atoms with Crippen LogP contribution in [0.15, 0.2) is 24.5 Å². The van der Waals surface area contributed by atoms with Crippen LogP contribution in [0.1, 0.15) is 12.0 Å². The number of nitrogens with zero attached hydrogens (tertiary/aromatic N) is 2. The average Bonchev–Trinajstić information content (AvgIpc) is 2.81. The topological polar surface area (TPSA) is 28.2 Å². The molecule has 0 aromatic carbocycles. The zero-order valence-corrected chi connectivity index (χ0v) is 11.8. The van der Waals surface area contributed by atoms with Gasteiger partial charge in [-0.05, 0) is 38.1 Å². The van der Waals surface area contributed by atoms with Crippen molar-refractivity contribution in [2.24, 2.45) is 0 Å². The van der Waals surface area contributed by atoms with Crippen molar-refractivity contribution >= 4 is 24.8 Å². The molecule has 0 saturated carbocycles. The second-order valence-corrected chi connectivity index (χ2v) is 4.24. The van der Waals surface area contributed by atoms with Gasteiger partial charge in [-0.25, -0.2) is 0 Å². The van der Waals surface area contributed by atoms with Gasteiger partial charge < -0.3 is 10.2 Å². The first-order chi connectivity index (χ1) is 7.36. The lowest BCUT2D eigenvalue weighted by Gasteiger charge is -2.23. The highest BCUT2D eigenvalue weighted by molar-refractivity contribution is 5.85. The molecule has 1 aliphatic heterocycles. The summed E-state index contributed by atoms with van der Waals surface area (Å²) < 4.78 is 0. The zero-order chi connectivity index (χ0) is 10.5. The van der Waals surface area contributed by atoms with Gasteiger partial charge in [-0.3, -0.25) is 4.98 Å².